The van der Waals surface area contributed by atoms with Gasteiger partial charge >= 0.3 is 5.97 Å². The maximum atomic E-state index is 11.7. The fraction of sp³-hybridized carbons (Fsp3) is 0.306. The molecule has 14 heteroatoms. The van der Waals surface area contributed by atoms with Crippen LogP contribution in [0.15, 0.2) is 60.8 Å². The third-order valence-corrected chi connectivity index (χ3v) is 11.5. The van der Waals surface area contributed by atoms with E-state index in [0.717, 1.165) is 57.0 Å². The molecule has 3 aliphatic heterocycles. The smallest absolute Gasteiger partial charge is 0.309 e. The minimum atomic E-state index is -0.756. The Kier molecular flexibility index (Phi) is 8.60. The number of aromatic nitrogens is 3. The number of hydrogen-bond acceptors (Lipinski definition) is 10. The molecule has 3 fully saturated rings. The van der Waals surface area contributed by atoms with Gasteiger partial charge in [0.2, 0.25) is 11.8 Å². The number of aliphatic carboxylic acids is 1. The summed E-state index contributed by atoms with van der Waals surface area (Å²) in [6.07, 6.45) is 3.21. The first-order valence-electron chi connectivity index (χ1n) is 16.3. The van der Waals surface area contributed by atoms with Crippen LogP contribution in [0, 0.1) is 5.92 Å². The molecule has 0 bridgehead atoms. The average molecular weight is 731 g/mol. The lowest BCUT2D eigenvalue weighted by Gasteiger charge is -2.48. The quantitative estimate of drug-likeness (QED) is 0.147. The Labute approximate surface area is 302 Å². The first-order chi connectivity index (χ1) is 24.2. The number of nitrogens with zero attached hydrogens (tertiary/aromatic N) is 5. The van der Waals surface area contributed by atoms with E-state index in [9.17, 15) is 14.7 Å². The summed E-state index contributed by atoms with van der Waals surface area (Å²) in [6.45, 7) is 3.95. The Balaban J connectivity index is 1.02. The molecule has 11 nitrogen and oxygen atoms in total. The molecule has 3 N–H and O–H groups in total. The summed E-state index contributed by atoms with van der Waals surface area (Å²) in [5.74, 6) is 0.173. The SMILES string of the molecule is COc1nc(-c2cccc(-c3cccc(Nc4nccc5sc(CN6CC(C(=O)O)C6)nc45)c3Cl)c2Cl)ccc1CN1CC2(CCC(=O)N2)C1. The Morgan fingerprint density at radius 3 is 2.52 bits per heavy atom. The van der Waals surface area contributed by atoms with Crippen molar-refractivity contribution in [1.29, 1.82) is 0 Å². The molecule has 50 heavy (non-hydrogen) atoms. The van der Waals surface area contributed by atoms with Gasteiger partial charge in [-0.15, -0.1) is 11.3 Å². The largest absolute Gasteiger partial charge is 0.481 e. The van der Waals surface area contributed by atoms with Crippen LogP contribution in [0.3, 0.4) is 0 Å². The number of halogens is 2. The van der Waals surface area contributed by atoms with Crippen molar-refractivity contribution in [2.75, 3.05) is 38.6 Å². The van der Waals surface area contributed by atoms with Crippen molar-refractivity contribution in [3.05, 3.63) is 81.4 Å². The van der Waals surface area contributed by atoms with Crippen LogP contribution in [0.5, 0.6) is 5.88 Å². The molecule has 256 valence electrons. The number of ether oxygens (including phenoxy) is 1. The lowest BCUT2D eigenvalue weighted by atomic mass is 9.88. The molecule has 5 aromatic rings. The van der Waals surface area contributed by atoms with Gasteiger partial charge in [0, 0.05) is 67.6 Å². The molecule has 0 radical (unpaired) electrons. The lowest BCUT2D eigenvalue weighted by Crippen LogP contribution is -2.66. The van der Waals surface area contributed by atoms with Gasteiger partial charge in [0.15, 0.2) is 5.82 Å². The number of hydrogen-bond donors (Lipinski definition) is 3. The zero-order valence-electron chi connectivity index (χ0n) is 27.1. The van der Waals surface area contributed by atoms with Crippen LogP contribution in [-0.2, 0) is 22.7 Å². The van der Waals surface area contributed by atoms with Gasteiger partial charge in [0.25, 0.3) is 0 Å². The zero-order chi connectivity index (χ0) is 34.6. The monoisotopic (exact) mass is 729 g/mol. The van der Waals surface area contributed by atoms with Gasteiger partial charge in [-0.25, -0.2) is 15.0 Å². The van der Waals surface area contributed by atoms with Crippen LogP contribution in [0.25, 0.3) is 32.6 Å². The standard InChI is InChI=1S/C36H33Cl2N7O4S/c1-49-34-20(14-45-18-36(19-45)12-10-28(46)43-36)8-9-25(41-34)24-6-2-4-22(30(24)37)23-5-3-7-26(31(23)38)40-33-32-27(11-13-39-33)50-29(42-32)17-44-15-21(16-44)35(47)48/h2-9,11,13,21H,10,12,14-19H2,1H3,(H,39,40)(H,43,46)(H,47,48). The van der Waals surface area contributed by atoms with Gasteiger partial charge in [0.05, 0.1) is 51.2 Å². The maximum absolute atomic E-state index is 11.7. The van der Waals surface area contributed by atoms with Crippen LogP contribution in [0.1, 0.15) is 23.4 Å². The van der Waals surface area contributed by atoms with Gasteiger partial charge in [0.1, 0.15) is 10.5 Å². The Bertz CT molecular complexity index is 2150. The first-order valence-corrected chi connectivity index (χ1v) is 17.9. The van der Waals surface area contributed by atoms with Crippen molar-refractivity contribution in [1.82, 2.24) is 30.1 Å². The van der Waals surface area contributed by atoms with Crippen molar-refractivity contribution < 1.29 is 19.4 Å². The number of thiazole rings is 1. The van der Waals surface area contributed by atoms with Crippen LogP contribution in [0.4, 0.5) is 11.5 Å². The number of pyridine rings is 2. The third-order valence-electron chi connectivity index (χ3n) is 9.65. The molecule has 3 saturated heterocycles. The third kappa shape index (κ3) is 6.15. The number of methoxy groups -OCH3 is 1. The van der Waals surface area contributed by atoms with Gasteiger partial charge in [-0.05, 0) is 24.6 Å². The number of benzene rings is 2. The molecule has 3 aromatic heterocycles. The number of carboxylic acids is 1. The summed E-state index contributed by atoms with van der Waals surface area (Å²) in [4.78, 5) is 41.6. The predicted octanol–water partition coefficient (Wildman–Crippen LogP) is 6.46. The van der Waals surface area contributed by atoms with Crippen LogP contribution in [-0.4, -0.2) is 80.6 Å². The summed E-state index contributed by atoms with van der Waals surface area (Å²) >= 11 is 15.7. The summed E-state index contributed by atoms with van der Waals surface area (Å²) in [7, 11) is 1.62. The van der Waals surface area contributed by atoms with E-state index in [4.69, 9.17) is 37.9 Å². The number of carbonyl (C=O) groups excluding carboxylic acids is 1. The Morgan fingerprint density at radius 2 is 1.78 bits per heavy atom. The average Bonchev–Trinajstić information content (AvgIpc) is 3.67. The summed E-state index contributed by atoms with van der Waals surface area (Å²) in [5, 5.41) is 17.6. The molecule has 2 aromatic carbocycles. The van der Waals surface area contributed by atoms with E-state index in [1.165, 1.54) is 0 Å². The molecule has 1 spiro atoms. The molecule has 0 atom stereocenters. The second-order valence-electron chi connectivity index (χ2n) is 13.1. The number of likely N-dealkylation sites (tertiary alicyclic amines) is 2. The Hall–Kier alpha value is -4.33. The molecule has 8 rings (SSSR count). The van der Waals surface area contributed by atoms with Crippen molar-refractivity contribution in [2.45, 2.75) is 31.5 Å². The molecule has 0 unspecified atom stereocenters. The number of carbonyl (C=O) groups is 2. The van der Waals surface area contributed by atoms with E-state index in [1.54, 1.807) is 24.6 Å². The highest BCUT2D eigenvalue weighted by atomic mass is 35.5. The first kappa shape index (κ1) is 32.9. The number of carboxylic acid groups (broad SMARTS) is 1. The van der Waals surface area contributed by atoms with E-state index in [0.29, 0.717) is 65.7 Å². The molecular weight excluding hydrogens is 697 g/mol. The number of rotatable bonds is 10. The molecule has 0 aliphatic carbocycles. The highest BCUT2D eigenvalue weighted by Gasteiger charge is 2.47. The van der Waals surface area contributed by atoms with E-state index in [-0.39, 0.29) is 17.4 Å². The molecular formula is C36H33Cl2N7O4S. The number of anilines is 2. The van der Waals surface area contributed by atoms with E-state index in [1.807, 2.05) is 54.6 Å². The van der Waals surface area contributed by atoms with E-state index < -0.39 is 5.97 Å². The number of fused-ring (bicyclic) bond motifs is 1. The highest BCUT2D eigenvalue weighted by molar-refractivity contribution is 7.18. The molecule has 0 saturated carbocycles. The number of amides is 1. The van der Waals surface area contributed by atoms with E-state index in [2.05, 4.69) is 25.4 Å². The second kappa shape index (κ2) is 13.1. The summed E-state index contributed by atoms with van der Waals surface area (Å²) < 4.78 is 6.69. The minimum absolute atomic E-state index is 0.0852. The van der Waals surface area contributed by atoms with Crippen LogP contribution < -0.4 is 15.4 Å². The highest BCUT2D eigenvalue weighted by Crippen LogP contribution is 2.43. The normalized spacial score (nSPS) is 17.5. The number of nitrogens with one attached hydrogen (secondary N) is 2. The Morgan fingerprint density at radius 1 is 1.02 bits per heavy atom. The van der Waals surface area contributed by atoms with Gasteiger partial charge in [-0.1, -0.05) is 59.6 Å². The second-order valence-corrected chi connectivity index (χ2v) is 15.0. The predicted molar refractivity (Wildman–Crippen MR) is 194 cm³/mol. The van der Waals surface area contributed by atoms with Crippen LogP contribution in [0.2, 0.25) is 10.0 Å². The topological polar surface area (TPSA) is 133 Å². The van der Waals surface area contributed by atoms with Gasteiger partial charge in [-0.2, -0.15) is 0 Å². The lowest BCUT2D eigenvalue weighted by molar-refractivity contribution is -0.147. The van der Waals surface area contributed by atoms with Crippen molar-refractivity contribution in [3.63, 3.8) is 0 Å². The summed E-state index contributed by atoms with van der Waals surface area (Å²) in [6, 6.07) is 17.4. The minimum Gasteiger partial charge on any atom is -0.481 e. The fourth-order valence-corrected chi connectivity index (χ4v) is 8.70. The van der Waals surface area contributed by atoms with Crippen molar-refractivity contribution in [2.24, 2.45) is 5.92 Å². The summed E-state index contributed by atoms with van der Waals surface area (Å²) in [5.41, 5.74) is 5.19. The molecule has 1 amide bonds. The van der Waals surface area contributed by atoms with Gasteiger partial charge in [-0.3, -0.25) is 19.4 Å². The van der Waals surface area contributed by atoms with Crippen molar-refractivity contribution in [3.8, 4) is 28.3 Å². The van der Waals surface area contributed by atoms with E-state index >= 15 is 0 Å². The van der Waals surface area contributed by atoms with Crippen molar-refractivity contribution >= 4 is 68.1 Å². The van der Waals surface area contributed by atoms with Gasteiger partial charge < -0.3 is 20.5 Å². The van der Waals surface area contributed by atoms with Crippen LogP contribution >= 0.6 is 34.5 Å². The maximum Gasteiger partial charge on any atom is 0.309 e. The molecule has 6 heterocycles. The molecule has 3 aliphatic rings. The zero-order valence-corrected chi connectivity index (χ0v) is 29.4. The fourth-order valence-electron chi connectivity index (χ4n) is 7.10.